The molecule has 0 saturated carbocycles. The second kappa shape index (κ2) is 7.42. The molecule has 22 heavy (non-hydrogen) atoms. The summed E-state index contributed by atoms with van der Waals surface area (Å²) in [6.45, 7) is 1.86. The van der Waals surface area contributed by atoms with Crippen molar-refractivity contribution >= 4 is 11.6 Å². The first kappa shape index (κ1) is 15.8. The number of nitrogens with two attached hydrogens (primary N) is 1. The monoisotopic (exact) mass is 301 g/mol. The van der Waals surface area contributed by atoms with Crippen LogP contribution in [0.15, 0.2) is 42.6 Å². The quantitative estimate of drug-likeness (QED) is 0.856. The Bertz CT molecular complexity index is 612. The van der Waals surface area contributed by atoms with Crippen LogP contribution in [0.4, 0.5) is 5.69 Å². The summed E-state index contributed by atoms with van der Waals surface area (Å²) in [5.74, 6) is 1.61. The fourth-order valence-electron chi connectivity index (χ4n) is 1.70. The summed E-state index contributed by atoms with van der Waals surface area (Å²) in [5, 5.41) is 2.70. The lowest BCUT2D eigenvalue weighted by molar-refractivity contribution is -0.117. The Labute approximate surface area is 129 Å². The predicted octanol–water partition coefficient (Wildman–Crippen LogP) is 2.56. The smallest absolute Gasteiger partial charge is 0.241 e. The molecule has 0 unspecified atom stereocenters. The lowest BCUT2D eigenvalue weighted by atomic mass is 10.2. The Morgan fingerprint density at radius 2 is 1.91 bits per heavy atom. The fourth-order valence-corrected chi connectivity index (χ4v) is 1.70. The zero-order valence-electron chi connectivity index (χ0n) is 12.6. The maximum absolute atomic E-state index is 11.7. The highest BCUT2D eigenvalue weighted by molar-refractivity contribution is 5.94. The number of methoxy groups -OCH3 is 1. The summed E-state index contributed by atoms with van der Waals surface area (Å²) in [6.07, 6.45) is 2.11. The minimum atomic E-state index is -0.518. The largest absolute Gasteiger partial charge is 0.497 e. The third kappa shape index (κ3) is 4.20. The highest BCUT2D eigenvalue weighted by Crippen LogP contribution is 2.23. The number of anilines is 1. The zero-order valence-corrected chi connectivity index (χ0v) is 12.6. The first-order valence-corrected chi connectivity index (χ1v) is 6.96. The van der Waals surface area contributed by atoms with Crippen LogP contribution in [-0.2, 0) is 4.79 Å². The minimum absolute atomic E-state index is 0.229. The topological polar surface area (TPSA) is 86.5 Å². The Hall–Kier alpha value is -2.60. The van der Waals surface area contributed by atoms with Crippen LogP contribution in [0.3, 0.4) is 0 Å². The molecule has 2 rings (SSSR count). The number of hydrogen-bond acceptors (Lipinski definition) is 5. The van der Waals surface area contributed by atoms with Crippen LogP contribution in [0.25, 0.3) is 0 Å². The van der Waals surface area contributed by atoms with Crippen molar-refractivity contribution in [2.24, 2.45) is 5.73 Å². The van der Waals surface area contributed by atoms with Crippen LogP contribution in [0.1, 0.15) is 13.3 Å². The van der Waals surface area contributed by atoms with Gasteiger partial charge in [-0.25, -0.2) is 4.98 Å². The second-order valence-electron chi connectivity index (χ2n) is 4.67. The van der Waals surface area contributed by atoms with E-state index in [1.54, 1.807) is 43.5 Å². The van der Waals surface area contributed by atoms with Gasteiger partial charge in [0.25, 0.3) is 0 Å². The van der Waals surface area contributed by atoms with E-state index in [2.05, 4.69) is 10.3 Å². The highest BCUT2D eigenvalue weighted by Gasteiger charge is 2.11. The van der Waals surface area contributed by atoms with E-state index < -0.39 is 6.04 Å². The Morgan fingerprint density at radius 1 is 1.23 bits per heavy atom. The van der Waals surface area contributed by atoms with E-state index in [9.17, 15) is 4.79 Å². The summed E-state index contributed by atoms with van der Waals surface area (Å²) >= 11 is 0. The van der Waals surface area contributed by atoms with E-state index in [0.29, 0.717) is 23.7 Å². The molecule has 116 valence electrons. The minimum Gasteiger partial charge on any atom is -0.497 e. The Balaban J connectivity index is 1.97. The van der Waals surface area contributed by atoms with Gasteiger partial charge >= 0.3 is 0 Å². The molecule has 1 amide bonds. The van der Waals surface area contributed by atoms with Gasteiger partial charge in [-0.1, -0.05) is 6.92 Å². The molecule has 3 N–H and O–H groups in total. The van der Waals surface area contributed by atoms with Gasteiger partial charge in [0.1, 0.15) is 11.5 Å². The molecule has 1 aromatic heterocycles. The van der Waals surface area contributed by atoms with E-state index in [1.807, 2.05) is 6.92 Å². The van der Waals surface area contributed by atoms with Crippen LogP contribution in [-0.4, -0.2) is 24.0 Å². The van der Waals surface area contributed by atoms with Crippen LogP contribution >= 0.6 is 0 Å². The normalized spacial score (nSPS) is 11.6. The molecule has 1 aromatic carbocycles. The molecule has 0 saturated heterocycles. The van der Waals surface area contributed by atoms with Crippen molar-refractivity contribution in [3.05, 3.63) is 42.6 Å². The van der Waals surface area contributed by atoms with Gasteiger partial charge in [0.05, 0.1) is 25.0 Å². The number of nitrogens with one attached hydrogen (secondary N) is 1. The van der Waals surface area contributed by atoms with Gasteiger partial charge in [0.15, 0.2) is 0 Å². The van der Waals surface area contributed by atoms with Gasteiger partial charge in [0.2, 0.25) is 11.8 Å². The number of pyridine rings is 1. The molecule has 0 bridgehead atoms. The van der Waals surface area contributed by atoms with Gasteiger partial charge in [-0.05, 0) is 36.8 Å². The molecule has 1 heterocycles. The van der Waals surface area contributed by atoms with Gasteiger partial charge < -0.3 is 20.5 Å². The molecule has 0 aliphatic carbocycles. The number of benzene rings is 1. The van der Waals surface area contributed by atoms with Gasteiger partial charge in [0, 0.05) is 6.07 Å². The van der Waals surface area contributed by atoms with Crippen molar-refractivity contribution in [3.63, 3.8) is 0 Å². The Morgan fingerprint density at radius 3 is 2.45 bits per heavy atom. The second-order valence-corrected chi connectivity index (χ2v) is 4.67. The first-order chi connectivity index (χ1) is 10.6. The van der Waals surface area contributed by atoms with Crippen molar-refractivity contribution in [2.75, 3.05) is 12.4 Å². The van der Waals surface area contributed by atoms with E-state index in [1.165, 1.54) is 6.20 Å². The Kier molecular flexibility index (Phi) is 5.32. The van der Waals surface area contributed by atoms with Crippen molar-refractivity contribution in [3.8, 4) is 17.4 Å². The summed E-state index contributed by atoms with van der Waals surface area (Å²) in [4.78, 5) is 15.8. The summed E-state index contributed by atoms with van der Waals surface area (Å²) in [7, 11) is 1.61. The standard InChI is InChI=1S/C16H19N3O3/c1-3-14(17)16(20)19-11-4-9-15(18-10-11)22-13-7-5-12(21-2)6-8-13/h4-10,14H,3,17H2,1-2H3,(H,19,20)/t14-/m0/s1. The number of hydrogen-bond donors (Lipinski definition) is 2. The number of ether oxygens (including phenoxy) is 2. The van der Waals surface area contributed by atoms with E-state index in [0.717, 1.165) is 5.75 Å². The summed E-state index contributed by atoms with van der Waals surface area (Å²) in [6, 6.07) is 10.1. The van der Waals surface area contributed by atoms with Crippen LogP contribution < -0.4 is 20.5 Å². The first-order valence-electron chi connectivity index (χ1n) is 6.96. The maximum atomic E-state index is 11.7. The van der Waals surface area contributed by atoms with Gasteiger partial charge in [-0.3, -0.25) is 4.79 Å². The molecule has 0 radical (unpaired) electrons. The molecule has 1 atom stereocenters. The molecular weight excluding hydrogens is 282 g/mol. The van der Waals surface area contributed by atoms with Crippen molar-refractivity contribution in [1.29, 1.82) is 0 Å². The zero-order chi connectivity index (χ0) is 15.9. The van der Waals surface area contributed by atoms with Crippen molar-refractivity contribution in [1.82, 2.24) is 4.98 Å². The lowest BCUT2D eigenvalue weighted by Gasteiger charge is -2.10. The number of rotatable bonds is 6. The molecule has 0 aliphatic rings. The van der Waals surface area contributed by atoms with E-state index in [-0.39, 0.29) is 5.91 Å². The fraction of sp³-hybridized carbons (Fsp3) is 0.250. The third-order valence-electron chi connectivity index (χ3n) is 3.06. The molecule has 6 heteroatoms. The van der Waals surface area contributed by atoms with Crippen molar-refractivity contribution < 1.29 is 14.3 Å². The number of carbonyl (C=O) groups excluding carboxylic acids is 1. The van der Waals surface area contributed by atoms with Crippen LogP contribution in [0.5, 0.6) is 17.4 Å². The van der Waals surface area contributed by atoms with Crippen LogP contribution in [0, 0.1) is 0 Å². The predicted molar refractivity (Wildman–Crippen MR) is 84.2 cm³/mol. The number of carbonyl (C=O) groups is 1. The average molecular weight is 301 g/mol. The number of aromatic nitrogens is 1. The SMILES string of the molecule is CC[C@H](N)C(=O)Nc1ccc(Oc2ccc(OC)cc2)nc1. The highest BCUT2D eigenvalue weighted by atomic mass is 16.5. The molecule has 2 aromatic rings. The third-order valence-corrected chi connectivity index (χ3v) is 3.06. The molecule has 0 fully saturated rings. The number of amides is 1. The van der Waals surface area contributed by atoms with Gasteiger partial charge in [-0.15, -0.1) is 0 Å². The van der Waals surface area contributed by atoms with E-state index >= 15 is 0 Å². The molecule has 0 spiro atoms. The molecular formula is C16H19N3O3. The summed E-state index contributed by atoms with van der Waals surface area (Å²) < 4.78 is 10.7. The van der Waals surface area contributed by atoms with Gasteiger partial charge in [-0.2, -0.15) is 0 Å². The number of nitrogens with zero attached hydrogens (tertiary/aromatic N) is 1. The maximum Gasteiger partial charge on any atom is 0.241 e. The lowest BCUT2D eigenvalue weighted by Crippen LogP contribution is -2.34. The van der Waals surface area contributed by atoms with E-state index in [4.69, 9.17) is 15.2 Å². The molecule has 6 nitrogen and oxygen atoms in total. The average Bonchev–Trinajstić information content (AvgIpc) is 2.56. The summed E-state index contributed by atoms with van der Waals surface area (Å²) in [5.41, 5.74) is 6.23. The van der Waals surface area contributed by atoms with Crippen LogP contribution in [0.2, 0.25) is 0 Å². The van der Waals surface area contributed by atoms with Crippen molar-refractivity contribution in [2.45, 2.75) is 19.4 Å². The molecule has 0 aliphatic heterocycles.